The molecule has 3 heterocycles. The van der Waals surface area contributed by atoms with Crippen LogP contribution in [0.5, 0.6) is 0 Å². The van der Waals surface area contributed by atoms with Crippen LogP contribution < -0.4 is 5.32 Å². The number of rotatable bonds is 7. The lowest BCUT2D eigenvalue weighted by atomic mass is 10.0. The molecule has 6 heteroatoms. The highest BCUT2D eigenvalue weighted by Gasteiger charge is 2.26. The molecule has 1 aliphatic heterocycles. The molecule has 0 saturated carbocycles. The summed E-state index contributed by atoms with van der Waals surface area (Å²) in [5.41, 5.74) is 2.96. The molecular formula is C24H28N4O2. The second-order valence-corrected chi connectivity index (χ2v) is 7.67. The van der Waals surface area contributed by atoms with Gasteiger partial charge in [-0.2, -0.15) is 0 Å². The van der Waals surface area contributed by atoms with Crippen LogP contribution in [0, 0.1) is 6.92 Å². The molecule has 2 aromatic heterocycles. The first kappa shape index (κ1) is 20.4. The van der Waals surface area contributed by atoms with Gasteiger partial charge in [0.25, 0.3) is 0 Å². The summed E-state index contributed by atoms with van der Waals surface area (Å²) in [4.78, 5) is 13.5. The van der Waals surface area contributed by atoms with Crippen LogP contribution in [0.3, 0.4) is 0 Å². The van der Waals surface area contributed by atoms with Crippen molar-refractivity contribution in [2.75, 3.05) is 18.5 Å². The van der Waals surface area contributed by atoms with Crippen LogP contribution >= 0.6 is 0 Å². The number of ether oxygens (including phenoxy) is 2. The first-order valence-electron chi connectivity index (χ1n) is 10.5. The fourth-order valence-corrected chi connectivity index (χ4v) is 3.72. The summed E-state index contributed by atoms with van der Waals surface area (Å²) in [5, 5.41) is 3.55. The van der Waals surface area contributed by atoms with E-state index in [0.29, 0.717) is 5.82 Å². The van der Waals surface area contributed by atoms with Gasteiger partial charge in [0.05, 0.1) is 12.1 Å². The highest BCUT2D eigenvalue weighted by molar-refractivity contribution is 5.56. The van der Waals surface area contributed by atoms with Crippen molar-refractivity contribution in [2.24, 2.45) is 0 Å². The van der Waals surface area contributed by atoms with Crippen molar-refractivity contribution in [2.45, 2.75) is 44.9 Å². The predicted octanol–water partition coefficient (Wildman–Crippen LogP) is 4.58. The van der Waals surface area contributed by atoms with Gasteiger partial charge in [0.1, 0.15) is 11.9 Å². The third-order valence-electron chi connectivity index (χ3n) is 5.24. The Bertz CT molecular complexity index is 930. The SMILES string of the molecule is Cc1cc(NC(C)C(OC2CCOCC2)c2ccccc2)nc(-c2cccnc2)n1. The lowest BCUT2D eigenvalue weighted by molar-refractivity contribution is -0.0739. The molecular weight excluding hydrogens is 376 g/mol. The second kappa shape index (κ2) is 9.78. The van der Waals surface area contributed by atoms with E-state index in [0.717, 1.165) is 48.7 Å². The molecule has 3 aromatic rings. The van der Waals surface area contributed by atoms with E-state index in [4.69, 9.17) is 14.5 Å². The molecule has 0 spiro atoms. The summed E-state index contributed by atoms with van der Waals surface area (Å²) >= 11 is 0. The Morgan fingerprint density at radius 3 is 2.60 bits per heavy atom. The minimum Gasteiger partial charge on any atom is -0.381 e. The van der Waals surface area contributed by atoms with Gasteiger partial charge in [-0.3, -0.25) is 4.98 Å². The summed E-state index contributed by atoms with van der Waals surface area (Å²) < 4.78 is 12.1. The average molecular weight is 405 g/mol. The third kappa shape index (κ3) is 5.20. The number of benzene rings is 1. The Kier molecular flexibility index (Phi) is 6.67. The van der Waals surface area contributed by atoms with Crippen molar-refractivity contribution < 1.29 is 9.47 Å². The maximum atomic E-state index is 6.56. The van der Waals surface area contributed by atoms with Gasteiger partial charge < -0.3 is 14.8 Å². The van der Waals surface area contributed by atoms with Gasteiger partial charge in [0, 0.05) is 42.9 Å². The Balaban J connectivity index is 1.56. The van der Waals surface area contributed by atoms with E-state index in [1.807, 2.05) is 31.2 Å². The maximum Gasteiger partial charge on any atom is 0.163 e. The number of anilines is 1. The Labute approximate surface area is 177 Å². The quantitative estimate of drug-likeness (QED) is 0.621. The Morgan fingerprint density at radius 2 is 1.87 bits per heavy atom. The van der Waals surface area contributed by atoms with E-state index in [1.165, 1.54) is 0 Å². The van der Waals surface area contributed by atoms with Crippen molar-refractivity contribution in [1.82, 2.24) is 15.0 Å². The molecule has 156 valence electrons. The van der Waals surface area contributed by atoms with Gasteiger partial charge in [0.2, 0.25) is 0 Å². The van der Waals surface area contributed by atoms with Crippen LogP contribution in [0.25, 0.3) is 11.4 Å². The Hall–Kier alpha value is -2.83. The molecule has 1 fully saturated rings. The molecule has 1 saturated heterocycles. The molecule has 0 bridgehead atoms. The molecule has 6 nitrogen and oxygen atoms in total. The molecule has 2 atom stereocenters. The van der Waals surface area contributed by atoms with Gasteiger partial charge in [-0.1, -0.05) is 30.3 Å². The number of hydrogen-bond donors (Lipinski definition) is 1. The number of nitrogens with one attached hydrogen (secondary N) is 1. The third-order valence-corrected chi connectivity index (χ3v) is 5.24. The largest absolute Gasteiger partial charge is 0.381 e. The summed E-state index contributed by atoms with van der Waals surface area (Å²) in [7, 11) is 0. The fraction of sp³-hybridized carbons (Fsp3) is 0.375. The molecule has 1 aliphatic rings. The summed E-state index contributed by atoms with van der Waals surface area (Å²) in [6.45, 7) is 5.63. The minimum absolute atomic E-state index is 0.0197. The number of hydrogen-bond acceptors (Lipinski definition) is 6. The van der Waals surface area contributed by atoms with Crippen molar-refractivity contribution in [3.05, 3.63) is 72.2 Å². The summed E-state index contributed by atoms with van der Waals surface area (Å²) in [6.07, 6.45) is 5.49. The first-order chi connectivity index (χ1) is 14.7. The highest BCUT2D eigenvalue weighted by Crippen LogP contribution is 2.28. The topological polar surface area (TPSA) is 69.2 Å². The Morgan fingerprint density at radius 1 is 1.07 bits per heavy atom. The summed E-state index contributed by atoms with van der Waals surface area (Å²) in [5.74, 6) is 1.45. The van der Waals surface area contributed by atoms with E-state index < -0.39 is 0 Å². The lowest BCUT2D eigenvalue weighted by Gasteiger charge is -2.32. The molecule has 1 aromatic carbocycles. The zero-order valence-electron chi connectivity index (χ0n) is 17.5. The van der Waals surface area contributed by atoms with E-state index in [2.05, 4.69) is 46.5 Å². The van der Waals surface area contributed by atoms with Crippen LogP contribution in [-0.4, -0.2) is 40.3 Å². The number of aryl methyl sites for hydroxylation is 1. The predicted molar refractivity (Wildman–Crippen MR) is 117 cm³/mol. The molecule has 4 rings (SSSR count). The van der Waals surface area contributed by atoms with Crippen LogP contribution in [0.15, 0.2) is 60.9 Å². The normalized spacial score (nSPS) is 16.7. The van der Waals surface area contributed by atoms with Crippen LogP contribution in [0.4, 0.5) is 5.82 Å². The van der Waals surface area contributed by atoms with Gasteiger partial charge in [-0.15, -0.1) is 0 Å². The molecule has 0 aliphatic carbocycles. The van der Waals surface area contributed by atoms with Crippen LogP contribution in [0.1, 0.15) is 37.1 Å². The van der Waals surface area contributed by atoms with Crippen molar-refractivity contribution >= 4 is 5.82 Å². The van der Waals surface area contributed by atoms with Crippen molar-refractivity contribution in [3.63, 3.8) is 0 Å². The number of nitrogens with zero attached hydrogens (tertiary/aromatic N) is 3. The van der Waals surface area contributed by atoms with Gasteiger partial charge in [-0.25, -0.2) is 9.97 Å². The second-order valence-electron chi connectivity index (χ2n) is 7.67. The average Bonchev–Trinajstić information content (AvgIpc) is 2.79. The smallest absolute Gasteiger partial charge is 0.163 e. The zero-order chi connectivity index (χ0) is 20.8. The number of pyridine rings is 1. The molecule has 0 amide bonds. The van der Waals surface area contributed by atoms with E-state index in [1.54, 1.807) is 12.4 Å². The fourth-order valence-electron chi connectivity index (χ4n) is 3.72. The van der Waals surface area contributed by atoms with Gasteiger partial charge in [0.15, 0.2) is 5.82 Å². The molecule has 30 heavy (non-hydrogen) atoms. The standard InChI is InChI=1S/C24H28N4O2/c1-17-15-22(28-24(26-17)20-9-6-12-25-16-20)27-18(2)23(19-7-4-3-5-8-19)30-21-10-13-29-14-11-21/h3-9,12,15-16,18,21,23H,10-11,13-14H2,1-2H3,(H,26,27,28). The minimum atomic E-state index is -0.0913. The highest BCUT2D eigenvalue weighted by atomic mass is 16.5. The zero-order valence-corrected chi connectivity index (χ0v) is 17.5. The van der Waals surface area contributed by atoms with E-state index in [9.17, 15) is 0 Å². The van der Waals surface area contributed by atoms with Crippen LogP contribution in [-0.2, 0) is 9.47 Å². The van der Waals surface area contributed by atoms with Crippen molar-refractivity contribution in [3.8, 4) is 11.4 Å². The van der Waals surface area contributed by atoms with Gasteiger partial charge in [-0.05, 0) is 44.4 Å². The molecule has 2 unspecified atom stereocenters. The summed E-state index contributed by atoms with van der Waals surface area (Å²) in [6, 6.07) is 16.2. The van der Waals surface area contributed by atoms with Crippen LogP contribution in [0.2, 0.25) is 0 Å². The first-order valence-corrected chi connectivity index (χ1v) is 10.5. The van der Waals surface area contributed by atoms with Crippen molar-refractivity contribution in [1.29, 1.82) is 0 Å². The number of aromatic nitrogens is 3. The molecule has 0 radical (unpaired) electrons. The van der Waals surface area contributed by atoms with Gasteiger partial charge >= 0.3 is 0 Å². The monoisotopic (exact) mass is 404 g/mol. The van der Waals surface area contributed by atoms with E-state index in [-0.39, 0.29) is 18.2 Å². The lowest BCUT2D eigenvalue weighted by Crippen LogP contribution is -2.33. The van der Waals surface area contributed by atoms with E-state index >= 15 is 0 Å². The maximum absolute atomic E-state index is 6.56. The molecule has 1 N–H and O–H groups in total.